The Bertz CT molecular complexity index is 335. The van der Waals surface area contributed by atoms with Gasteiger partial charge >= 0.3 is 0 Å². The second-order valence-corrected chi connectivity index (χ2v) is 3.59. The first-order valence-electron chi connectivity index (χ1n) is 4.46. The molecule has 0 saturated heterocycles. The summed E-state index contributed by atoms with van der Waals surface area (Å²) in [5.74, 6) is 0. The summed E-state index contributed by atoms with van der Waals surface area (Å²) in [5, 5.41) is 0. The van der Waals surface area contributed by atoms with Crippen LogP contribution in [0, 0.1) is 0 Å². The van der Waals surface area contributed by atoms with E-state index in [0.29, 0.717) is 0 Å². The SMILES string of the molecule is OPN=C1CCCc2ccccc21. The van der Waals surface area contributed by atoms with Crippen molar-refractivity contribution in [3.8, 4) is 0 Å². The van der Waals surface area contributed by atoms with Crippen molar-refractivity contribution >= 4 is 14.7 Å². The second kappa shape index (κ2) is 3.99. The molecule has 0 amide bonds. The average molecular weight is 193 g/mol. The molecule has 3 heteroatoms. The Morgan fingerprint density at radius 1 is 1.23 bits per heavy atom. The van der Waals surface area contributed by atoms with E-state index in [4.69, 9.17) is 4.89 Å². The predicted octanol–water partition coefficient (Wildman–Crippen LogP) is 2.31. The molecule has 0 radical (unpaired) electrons. The van der Waals surface area contributed by atoms with Gasteiger partial charge in [-0.1, -0.05) is 24.3 Å². The third-order valence-corrected chi connectivity index (χ3v) is 2.74. The van der Waals surface area contributed by atoms with Gasteiger partial charge in [-0.25, -0.2) is 4.76 Å². The first-order chi connectivity index (χ1) is 6.42. The number of nitrogens with zero attached hydrogens (tertiary/aromatic N) is 1. The Hall–Kier alpha value is -0.720. The molecule has 1 aliphatic carbocycles. The Balaban J connectivity index is 2.42. The maximum Gasteiger partial charge on any atom is 0.134 e. The van der Waals surface area contributed by atoms with Gasteiger partial charge in [0.2, 0.25) is 0 Å². The fourth-order valence-corrected chi connectivity index (χ4v) is 2.13. The fourth-order valence-electron chi connectivity index (χ4n) is 1.78. The van der Waals surface area contributed by atoms with Crippen molar-refractivity contribution in [2.45, 2.75) is 19.3 Å². The van der Waals surface area contributed by atoms with Crippen LogP contribution < -0.4 is 0 Å². The van der Waals surface area contributed by atoms with Crippen LogP contribution in [0.1, 0.15) is 24.0 Å². The monoisotopic (exact) mass is 193 g/mol. The third-order valence-electron chi connectivity index (χ3n) is 2.37. The lowest BCUT2D eigenvalue weighted by atomic mass is 9.90. The fraction of sp³-hybridized carbons (Fsp3) is 0.300. The van der Waals surface area contributed by atoms with Gasteiger partial charge in [0.15, 0.2) is 0 Å². The molecular weight excluding hydrogens is 181 g/mol. The first kappa shape index (κ1) is 8.86. The molecule has 1 aliphatic rings. The summed E-state index contributed by atoms with van der Waals surface area (Å²) in [6, 6.07) is 8.32. The van der Waals surface area contributed by atoms with E-state index in [2.05, 4.69) is 23.0 Å². The van der Waals surface area contributed by atoms with Crippen LogP contribution in [0.2, 0.25) is 0 Å². The average Bonchev–Trinajstić information content (AvgIpc) is 2.19. The summed E-state index contributed by atoms with van der Waals surface area (Å²) >= 11 is 0. The minimum atomic E-state index is -0.311. The van der Waals surface area contributed by atoms with Crippen LogP contribution in [0.4, 0.5) is 0 Å². The molecule has 13 heavy (non-hydrogen) atoms. The molecule has 1 N–H and O–H groups in total. The quantitative estimate of drug-likeness (QED) is 0.682. The van der Waals surface area contributed by atoms with E-state index >= 15 is 0 Å². The molecule has 0 aromatic heterocycles. The highest BCUT2D eigenvalue weighted by molar-refractivity contribution is 7.29. The Morgan fingerprint density at radius 2 is 2.08 bits per heavy atom. The van der Waals surface area contributed by atoms with Gasteiger partial charge in [0.1, 0.15) is 8.96 Å². The minimum absolute atomic E-state index is 0.311. The van der Waals surface area contributed by atoms with Crippen molar-refractivity contribution in [2.75, 3.05) is 0 Å². The number of hydrogen-bond acceptors (Lipinski definition) is 2. The van der Waals surface area contributed by atoms with Crippen LogP contribution in [0.3, 0.4) is 0 Å². The van der Waals surface area contributed by atoms with Crippen LogP contribution in [0.15, 0.2) is 29.0 Å². The third kappa shape index (κ3) is 1.79. The van der Waals surface area contributed by atoms with Crippen molar-refractivity contribution in [2.24, 2.45) is 4.76 Å². The zero-order valence-corrected chi connectivity index (χ0v) is 8.33. The molecule has 0 fully saturated rings. The zero-order valence-electron chi connectivity index (χ0n) is 7.33. The molecule has 1 atom stereocenters. The first-order valence-corrected chi connectivity index (χ1v) is 5.35. The topological polar surface area (TPSA) is 32.6 Å². The van der Waals surface area contributed by atoms with Gasteiger partial charge < -0.3 is 4.89 Å². The van der Waals surface area contributed by atoms with Crippen molar-refractivity contribution < 1.29 is 4.89 Å². The molecular formula is C10H12NOP. The van der Waals surface area contributed by atoms with Gasteiger partial charge in [-0.3, -0.25) is 0 Å². The molecule has 0 heterocycles. The van der Waals surface area contributed by atoms with Crippen molar-refractivity contribution in [1.82, 2.24) is 0 Å². The summed E-state index contributed by atoms with van der Waals surface area (Å²) in [5.41, 5.74) is 3.67. The number of hydrogen-bond donors (Lipinski definition) is 1. The molecule has 1 unspecified atom stereocenters. The summed E-state index contributed by atoms with van der Waals surface area (Å²) in [7, 11) is -0.311. The van der Waals surface area contributed by atoms with Gasteiger partial charge in [0.05, 0.1) is 0 Å². The highest BCUT2D eigenvalue weighted by Gasteiger charge is 2.13. The van der Waals surface area contributed by atoms with Crippen molar-refractivity contribution in [1.29, 1.82) is 0 Å². The smallest absolute Gasteiger partial charge is 0.134 e. The second-order valence-electron chi connectivity index (χ2n) is 3.17. The van der Waals surface area contributed by atoms with E-state index in [1.165, 1.54) is 11.1 Å². The highest BCUT2D eigenvalue weighted by atomic mass is 31.1. The number of fused-ring (bicyclic) bond motifs is 1. The lowest BCUT2D eigenvalue weighted by molar-refractivity contribution is 0.647. The zero-order chi connectivity index (χ0) is 9.10. The molecule has 0 bridgehead atoms. The molecule has 2 nitrogen and oxygen atoms in total. The molecule has 0 saturated carbocycles. The number of benzene rings is 1. The van der Waals surface area contributed by atoms with Crippen molar-refractivity contribution in [3.05, 3.63) is 35.4 Å². The van der Waals surface area contributed by atoms with E-state index in [0.717, 1.165) is 25.0 Å². The molecule has 1 aromatic rings. The maximum atomic E-state index is 8.78. The van der Waals surface area contributed by atoms with E-state index in [9.17, 15) is 0 Å². The standard InChI is InChI=1S/C10H12NOP/c12-13-11-10-7-3-5-8-4-1-2-6-9(8)10/h1-2,4,6,12-13H,3,5,7H2. The molecule has 1 aromatic carbocycles. The van der Waals surface area contributed by atoms with E-state index < -0.39 is 0 Å². The summed E-state index contributed by atoms with van der Waals surface area (Å²) < 4.78 is 4.12. The molecule has 0 aliphatic heterocycles. The number of rotatable bonds is 1. The Kier molecular flexibility index (Phi) is 2.72. The largest absolute Gasteiger partial charge is 0.356 e. The van der Waals surface area contributed by atoms with Gasteiger partial charge in [-0.05, 0) is 30.4 Å². The van der Waals surface area contributed by atoms with Crippen LogP contribution in [-0.4, -0.2) is 10.6 Å². The number of aryl methyl sites for hydroxylation is 1. The van der Waals surface area contributed by atoms with E-state index in [1.807, 2.05) is 6.07 Å². The summed E-state index contributed by atoms with van der Waals surface area (Å²) in [6.45, 7) is 0. The van der Waals surface area contributed by atoms with E-state index in [1.54, 1.807) is 0 Å². The Morgan fingerprint density at radius 3 is 2.92 bits per heavy atom. The maximum absolute atomic E-state index is 8.78. The van der Waals surface area contributed by atoms with Crippen LogP contribution in [-0.2, 0) is 6.42 Å². The van der Waals surface area contributed by atoms with Gasteiger partial charge in [0, 0.05) is 5.71 Å². The minimum Gasteiger partial charge on any atom is -0.356 e. The molecule has 0 spiro atoms. The highest BCUT2D eigenvalue weighted by Crippen LogP contribution is 2.23. The molecule has 68 valence electrons. The summed E-state index contributed by atoms with van der Waals surface area (Å²) in [4.78, 5) is 8.78. The van der Waals surface area contributed by atoms with E-state index in [-0.39, 0.29) is 8.96 Å². The van der Waals surface area contributed by atoms with Crippen LogP contribution in [0.25, 0.3) is 0 Å². The molecule has 2 rings (SSSR count). The van der Waals surface area contributed by atoms with Gasteiger partial charge in [0.25, 0.3) is 0 Å². The lowest BCUT2D eigenvalue weighted by Gasteiger charge is -2.16. The van der Waals surface area contributed by atoms with Gasteiger partial charge in [-0.2, -0.15) is 0 Å². The summed E-state index contributed by atoms with van der Waals surface area (Å²) in [6.07, 6.45) is 3.30. The van der Waals surface area contributed by atoms with Gasteiger partial charge in [-0.15, -0.1) is 0 Å². The van der Waals surface area contributed by atoms with Crippen LogP contribution in [0.5, 0.6) is 0 Å². The van der Waals surface area contributed by atoms with Crippen molar-refractivity contribution in [3.63, 3.8) is 0 Å². The predicted molar refractivity (Wildman–Crippen MR) is 56.5 cm³/mol. The normalized spacial score (nSPS) is 19.6. The lowest BCUT2D eigenvalue weighted by Crippen LogP contribution is -2.10. The van der Waals surface area contributed by atoms with Crippen LogP contribution >= 0.6 is 8.96 Å². The Labute approximate surface area is 79.6 Å².